The SMILES string of the molecule is [CH2]C(C)OC(=O)c1ccncc1. The summed E-state index contributed by atoms with van der Waals surface area (Å²) in [5.74, 6) is -0.361. The highest BCUT2D eigenvalue weighted by atomic mass is 16.5. The molecule has 1 unspecified atom stereocenters. The van der Waals surface area contributed by atoms with Crippen LogP contribution >= 0.6 is 0 Å². The number of carbonyl (C=O) groups is 1. The topological polar surface area (TPSA) is 39.2 Å². The predicted octanol–water partition coefficient (Wildman–Crippen LogP) is 1.46. The van der Waals surface area contributed by atoms with Crippen LogP contribution in [0.5, 0.6) is 0 Å². The van der Waals surface area contributed by atoms with Crippen molar-refractivity contribution in [1.29, 1.82) is 0 Å². The molecule has 0 saturated heterocycles. The van der Waals surface area contributed by atoms with Gasteiger partial charge in [0.1, 0.15) is 0 Å². The third kappa shape index (κ3) is 2.34. The number of pyridine rings is 1. The van der Waals surface area contributed by atoms with E-state index in [4.69, 9.17) is 4.74 Å². The van der Waals surface area contributed by atoms with E-state index in [1.807, 2.05) is 0 Å². The van der Waals surface area contributed by atoms with Crippen LogP contribution in [0.1, 0.15) is 17.3 Å². The summed E-state index contributed by atoms with van der Waals surface area (Å²) < 4.78 is 4.86. The molecule has 0 aliphatic heterocycles. The van der Waals surface area contributed by atoms with Gasteiger partial charge in [-0.15, -0.1) is 0 Å². The smallest absolute Gasteiger partial charge is 0.338 e. The van der Waals surface area contributed by atoms with Crippen molar-refractivity contribution in [3.63, 3.8) is 0 Å². The van der Waals surface area contributed by atoms with Crippen molar-refractivity contribution in [3.05, 3.63) is 37.0 Å². The van der Waals surface area contributed by atoms with Gasteiger partial charge in [0.15, 0.2) is 0 Å². The van der Waals surface area contributed by atoms with E-state index in [9.17, 15) is 4.79 Å². The maximum atomic E-state index is 11.2. The minimum Gasteiger partial charge on any atom is -0.459 e. The van der Waals surface area contributed by atoms with E-state index in [1.165, 1.54) is 0 Å². The molecular weight excluding hydrogens is 154 g/mol. The van der Waals surface area contributed by atoms with Crippen LogP contribution in [-0.4, -0.2) is 17.1 Å². The first-order valence-electron chi connectivity index (χ1n) is 3.64. The fourth-order valence-corrected chi connectivity index (χ4v) is 0.739. The van der Waals surface area contributed by atoms with Gasteiger partial charge in [0.25, 0.3) is 0 Å². The highest BCUT2D eigenvalue weighted by Crippen LogP contribution is 2.01. The van der Waals surface area contributed by atoms with Gasteiger partial charge in [-0.05, 0) is 26.0 Å². The molecule has 1 heterocycles. The molecule has 1 radical (unpaired) electrons. The number of esters is 1. The largest absolute Gasteiger partial charge is 0.459 e. The van der Waals surface area contributed by atoms with Gasteiger partial charge < -0.3 is 4.74 Å². The van der Waals surface area contributed by atoms with E-state index in [1.54, 1.807) is 31.5 Å². The van der Waals surface area contributed by atoms with Crippen LogP contribution in [0.4, 0.5) is 0 Å². The fourth-order valence-electron chi connectivity index (χ4n) is 0.739. The quantitative estimate of drug-likeness (QED) is 0.621. The molecule has 1 rings (SSSR count). The predicted molar refractivity (Wildman–Crippen MR) is 44.5 cm³/mol. The number of carbonyl (C=O) groups excluding carboxylic acids is 1. The number of rotatable bonds is 2. The third-order valence-corrected chi connectivity index (χ3v) is 1.22. The molecule has 0 aromatic carbocycles. The Bertz CT molecular complexity index is 256. The number of hydrogen-bond donors (Lipinski definition) is 0. The molecule has 1 aromatic rings. The van der Waals surface area contributed by atoms with Crippen molar-refractivity contribution in [3.8, 4) is 0 Å². The minimum absolute atomic E-state index is 0.328. The summed E-state index contributed by atoms with van der Waals surface area (Å²) in [6.45, 7) is 5.25. The molecule has 0 bridgehead atoms. The molecule has 1 atom stereocenters. The number of hydrogen-bond acceptors (Lipinski definition) is 3. The summed E-state index contributed by atoms with van der Waals surface area (Å²) in [4.78, 5) is 14.9. The average molecular weight is 164 g/mol. The van der Waals surface area contributed by atoms with Crippen molar-refractivity contribution in [2.75, 3.05) is 0 Å². The van der Waals surface area contributed by atoms with Crippen LogP contribution in [0.2, 0.25) is 0 Å². The summed E-state index contributed by atoms with van der Waals surface area (Å²) in [5.41, 5.74) is 0.500. The molecule has 0 spiro atoms. The molecule has 0 amide bonds. The molecule has 0 aliphatic carbocycles. The monoisotopic (exact) mass is 164 g/mol. The van der Waals surface area contributed by atoms with Crippen LogP contribution in [0.25, 0.3) is 0 Å². The Morgan fingerprint density at radius 2 is 2.17 bits per heavy atom. The molecule has 0 N–H and O–H groups in total. The molecule has 0 aliphatic rings. The van der Waals surface area contributed by atoms with Gasteiger partial charge in [0, 0.05) is 12.4 Å². The molecule has 0 fully saturated rings. The van der Waals surface area contributed by atoms with Crippen molar-refractivity contribution in [1.82, 2.24) is 4.98 Å². The van der Waals surface area contributed by atoms with Crippen LogP contribution in [0.3, 0.4) is 0 Å². The van der Waals surface area contributed by atoms with E-state index < -0.39 is 0 Å². The van der Waals surface area contributed by atoms with E-state index in [0.717, 1.165) is 0 Å². The standard InChI is InChI=1S/C9H10NO2/c1-7(2)12-9(11)8-3-5-10-6-4-8/h3-7H,1H2,2H3. The summed E-state index contributed by atoms with van der Waals surface area (Å²) in [7, 11) is 0. The van der Waals surface area contributed by atoms with E-state index in [-0.39, 0.29) is 12.1 Å². The Morgan fingerprint density at radius 1 is 1.58 bits per heavy atom. The van der Waals surface area contributed by atoms with E-state index >= 15 is 0 Å². The zero-order valence-electron chi connectivity index (χ0n) is 6.86. The summed E-state index contributed by atoms with van der Waals surface area (Å²) >= 11 is 0. The highest BCUT2D eigenvalue weighted by Gasteiger charge is 2.07. The van der Waals surface area contributed by atoms with Crippen molar-refractivity contribution >= 4 is 5.97 Å². The van der Waals surface area contributed by atoms with Crippen LogP contribution in [0, 0.1) is 6.92 Å². The molecular formula is C9H10NO2. The van der Waals surface area contributed by atoms with Gasteiger partial charge in [0.2, 0.25) is 0 Å². The Balaban J connectivity index is 2.66. The first-order valence-corrected chi connectivity index (χ1v) is 3.64. The maximum absolute atomic E-state index is 11.2. The third-order valence-electron chi connectivity index (χ3n) is 1.22. The van der Waals surface area contributed by atoms with Gasteiger partial charge in [-0.1, -0.05) is 0 Å². The van der Waals surface area contributed by atoms with Crippen LogP contribution in [-0.2, 0) is 4.74 Å². The van der Waals surface area contributed by atoms with Gasteiger partial charge in [-0.3, -0.25) is 4.98 Å². The van der Waals surface area contributed by atoms with Gasteiger partial charge in [-0.2, -0.15) is 0 Å². The van der Waals surface area contributed by atoms with Crippen LogP contribution in [0.15, 0.2) is 24.5 Å². The molecule has 1 aromatic heterocycles. The molecule has 0 saturated carbocycles. The van der Waals surface area contributed by atoms with Gasteiger partial charge >= 0.3 is 5.97 Å². The van der Waals surface area contributed by atoms with Crippen LogP contribution < -0.4 is 0 Å². The summed E-state index contributed by atoms with van der Waals surface area (Å²) in [5, 5.41) is 0. The Kier molecular flexibility index (Phi) is 2.80. The minimum atomic E-state index is -0.361. The summed E-state index contributed by atoms with van der Waals surface area (Å²) in [6.07, 6.45) is 2.76. The highest BCUT2D eigenvalue weighted by molar-refractivity contribution is 5.89. The van der Waals surface area contributed by atoms with E-state index in [2.05, 4.69) is 11.9 Å². The Labute approximate surface area is 71.4 Å². The second-order valence-electron chi connectivity index (χ2n) is 2.45. The first kappa shape index (κ1) is 8.71. The van der Waals surface area contributed by atoms with E-state index in [0.29, 0.717) is 5.56 Å². The molecule has 3 nitrogen and oxygen atoms in total. The fraction of sp³-hybridized carbons (Fsp3) is 0.222. The Morgan fingerprint density at radius 3 is 2.67 bits per heavy atom. The molecule has 3 heteroatoms. The lowest BCUT2D eigenvalue weighted by Crippen LogP contribution is -2.11. The number of ether oxygens (including phenoxy) is 1. The first-order chi connectivity index (χ1) is 5.70. The number of nitrogens with zero attached hydrogens (tertiary/aromatic N) is 1. The molecule has 63 valence electrons. The lowest BCUT2D eigenvalue weighted by Gasteiger charge is -2.06. The average Bonchev–Trinajstić information content (AvgIpc) is 2.05. The zero-order valence-corrected chi connectivity index (χ0v) is 6.86. The molecule has 12 heavy (non-hydrogen) atoms. The number of aromatic nitrogens is 1. The summed E-state index contributed by atoms with van der Waals surface area (Å²) in [6, 6.07) is 3.20. The van der Waals surface area contributed by atoms with Crippen molar-refractivity contribution in [2.24, 2.45) is 0 Å². The Hall–Kier alpha value is -1.38. The van der Waals surface area contributed by atoms with Crippen molar-refractivity contribution < 1.29 is 9.53 Å². The lowest BCUT2D eigenvalue weighted by atomic mass is 10.3. The van der Waals surface area contributed by atoms with Gasteiger partial charge in [0.05, 0.1) is 11.7 Å². The normalized spacial score (nSPS) is 9.92. The second kappa shape index (κ2) is 3.85. The van der Waals surface area contributed by atoms with Gasteiger partial charge in [-0.25, -0.2) is 4.79 Å². The van der Waals surface area contributed by atoms with Crippen molar-refractivity contribution in [2.45, 2.75) is 13.0 Å². The second-order valence-corrected chi connectivity index (χ2v) is 2.45. The lowest BCUT2D eigenvalue weighted by molar-refractivity contribution is 0.0420. The zero-order chi connectivity index (χ0) is 8.97. The maximum Gasteiger partial charge on any atom is 0.338 e.